The van der Waals surface area contributed by atoms with Crippen LogP contribution in [0.25, 0.3) is 0 Å². The third-order valence-corrected chi connectivity index (χ3v) is 7.37. The first-order valence-electron chi connectivity index (χ1n) is 8.21. The first-order valence-corrected chi connectivity index (χ1v) is 11.1. The van der Waals surface area contributed by atoms with E-state index in [1.165, 1.54) is 17.5 Å². The van der Waals surface area contributed by atoms with E-state index < -0.39 is 20.5 Å². The summed E-state index contributed by atoms with van der Waals surface area (Å²) in [6.07, 6.45) is 4.29. The lowest BCUT2D eigenvalue weighted by Crippen LogP contribution is -2.38. The first-order chi connectivity index (χ1) is 12.3. The molecule has 0 saturated heterocycles. The second-order valence-corrected chi connectivity index (χ2v) is 9.86. The molecule has 1 unspecified atom stereocenters. The number of ether oxygens (including phenoxy) is 1. The summed E-state index contributed by atoms with van der Waals surface area (Å²) >= 11 is 7.42. The third-order valence-electron chi connectivity index (χ3n) is 4.48. The molecule has 1 saturated carbocycles. The van der Waals surface area contributed by atoms with E-state index in [0.29, 0.717) is 5.01 Å². The second-order valence-electron chi connectivity index (χ2n) is 6.52. The molecule has 0 bridgehead atoms. The quantitative estimate of drug-likeness (QED) is 0.714. The van der Waals surface area contributed by atoms with Gasteiger partial charge in [-0.1, -0.05) is 11.6 Å². The minimum Gasteiger partial charge on any atom is -0.487 e. The molecule has 0 spiro atoms. The van der Waals surface area contributed by atoms with Crippen molar-refractivity contribution in [3.8, 4) is 5.75 Å². The van der Waals surface area contributed by atoms with Crippen molar-refractivity contribution in [2.45, 2.75) is 42.1 Å². The summed E-state index contributed by atoms with van der Waals surface area (Å²) in [5.74, 6) is -1.04. The average molecular weight is 419 g/mol. The van der Waals surface area contributed by atoms with Crippen molar-refractivity contribution < 1.29 is 17.5 Å². The highest BCUT2D eigenvalue weighted by atomic mass is 35.5. The summed E-state index contributed by atoms with van der Waals surface area (Å²) in [5, 5.41) is 2.17. The summed E-state index contributed by atoms with van der Waals surface area (Å²) in [5.41, 5.74) is 0. The fraction of sp³-hybridized carbons (Fsp3) is 0.471. The van der Waals surface area contributed by atoms with Crippen LogP contribution >= 0.6 is 22.9 Å². The van der Waals surface area contributed by atoms with E-state index in [1.807, 2.05) is 14.1 Å². The van der Waals surface area contributed by atoms with E-state index in [-0.39, 0.29) is 28.7 Å². The minimum atomic E-state index is -3.88. The molecular weight excluding hydrogens is 399 g/mol. The van der Waals surface area contributed by atoms with Gasteiger partial charge in [0.2, 0.25) is 0 Å². The van der Waals surface area contributed by atoms with E-state index in [9.17, 15) is 12.8 Å². The number of benzene rings is 1. The van der Waals surface area contributed by atoms with Crippen LogP contribution in [0.3, 0.4) is 0 Å². The lowest BCUT2D eigenvalue weighted by Gasteiger charge is -2.27. The fourth-order valence-electron chi connectivity index (χ4n) is 3.20. The molecule has 0 amide bonds. The zero-order valence-corrected chi connectivity index (χ0v) is 16.9. The fourth-order valence-corrected chi connectivity index (χ4v) is 5.82. The van der Waals surface area contributed by atoms with Crippen LogP contribution in [-0.4, -0.2) is 44.5 Å². The summed E-state index contributed by atoms with van der Waals surface area (Å²) in [4.78, 5) is 5.59. The van der Waals surface area contributed by atoms with E-state index in [1.54, 1.807) is 5.38 Å². The molecule has 0 radical (unpaired) electrons. The number of rotatable bonds is 6. The number of aromatic nitrogens is 1. The van der Waals surface area contributed by atoms with Crippen molar-refractivity contribution in [2.24, 2.45) is 0 Å². The average Bonchev–Trinajstić information content (AvgIpc) is 3.21. The standard InChI is InChI=1S/C17H20ClFN2O3S2/c1-21(2)13-4-3-5-14(13)24-15-9-12(19)16(8-11(15)18)26(22,23)10-17-20-6-7-25-17/h6-9,13-14H,3-5,10H2,1-2H3/t13-,14?/m0/s1. The minimum absolute atomic E-state index is 0.0912. The van der Waals surface area contributed by atoms with Gasteiger partial charge in [0, 0.05) is 23.7 Å². The van der Waals surface area contributed by atoms with Crippen LogP contribution in [0.2, 0.25) is 5.02 Å². The Labute approximate surface area is 161 Å². The molecule has 1 fully saturated rings. The highest BCUT2D eigenvalue weighted by Crippen LogP contribution is 2.35. The normalized spacial score (nSPS) is 20.7. The number of hydrogen-bond acceptors (Lipinski definition) is 6. The highest BCUT2D eigenvalue weighted by molar-refractivity contribution is 7.90. The summed E-state index contributed by atoms with van der Waals surface area (Å²) in [6, 6.07) is 2.43. The molecule has 3 rings (SSSR count). The maximum Gasteiger partial charge on any atom is 0.187 e. The van der Waals surface area contributed by atoms with Crippen molar-refractivity contribution in [2.75, 3.05) is 14.1 Å². The van der Waals surface area contributed by atoms with Gasteiger partial charge in [-0.15, -0.1) is 11.3 Å². The predicted octanol–water partition coefficient (Wildman–Crippen LogP) is 3.77. The van der Waals surface area contributed by atoms with Gasteiger partial charge < -0.3 is 9.64 Å². The van der Waals surface area contributed by atoms with Crippen LogP contribution in [0.4, 0.5) is 4.39 Å². The van der Waals surface area contributed by atoms with E-state index >= 15 is 0 Å². The number of nitrogens with zero attached hydrogens (tertiary/aromatic N) is 2. The second kappa shape index (κ2) is 7.80. The lowest BCUT2D eigenvalue weighted by molar-refractivity contribution is 0.121. The van der Waals surface area contributed by atoms with Crippen molar-refractivity contribution in [1.29, 1.82) is 0 Å². The van der Waals surface area contributed by atoms with Crippen LogP contribution < -0.4 is 4.74 Å². The van der Waals surface area contributed by atoms with Crippen LogP contribution in [0.5, 0.6) is 5.75 Å². The third kappa shape index (κ3) is 4.19. The molecule has 1 aliphatic carbocycles. The molecule has 1 aromatic carbocycles. The molecule has 2 aromatic rings. The number of halogens is 2. The molecule has 142 valence electrons. The van der Waals surface area contributed by atoms with Crippen molar-refractivity contribution in [3.05, 3.63) is 39.6 Å². The number of likely N-dealkylation sites (N-methyl/N-ethyl adjacent to an activating group) is 1. The van der Waals surface area contributed by atoms with Gasteiger partial charge in [-0.2, -0.15) is 0 Å². The van der Waals surface area contributed by atoms with E-state index in [4.69, 9.17) is 16.3 Å². The van der Waals surface area contributed by atoms with Gasteiger partial charge in [0.1, 0.15) is 33.3 Å². The maximum absolute atomic E-state index is 14.5. The molecular formula is C17H20ClFN2O3S2. The largest absolute Gasteiger partial charge is 0.487 e. The number of sulfone groups is 1. The van der Waals surface area contributed by atoms with Crippen LogP contribution in [0.1, 0.15) is 24.3 Å². The summed E-state index contributed by atoms with van der Waals surface area (Å²) < 4.78 is 45.4. The van der Waals surface area contributed by atoms with Gasteiger partial charge >= 0.3 is 0 Å². The van der Waals surface area contributed by atoms with Gasteiger partial charge in [0.05, 0.1) is 5.02 Å². The SMILES string of the molecule is CN(C)[C@H]1CCCC1Oc1cc(F)c(S(=O)(=O)Cc2nccs2)cc1Cl. The molecule has 0 N–H and O–H groups in total. The Morgan fingerprint density at radius 3 is 2.81 bits per heavy atom. The topological polar surface area (TPSA) is 59.5 Å². The Morgan fingerprint density at radius 2 is 2.15 bits per heavy atom. The number of hydrogen-bond donors (Lipinski definition) is 0. The Morgan fingerprint density at radius 1 is 1.38 bits per heavy atom. The molecule has 1 heterocycles. The maximum atomic E-state index is 14.5. The van der Waals surface area contributed by atoms with Crippen LogP contribution in [0.15, 0.2) is 28.6 Å². The zero-order chi connectivity index (χ0) is 18.9. The molecule has 26 heavy (non-hydrogen) atoms. The molecule has 9 heteroatoms. The Balaban J connectivity index is 1.84. The molecule has 0 aliphatic heterocycles. The molecule has 2 atom stereocenters. The van der Waals surface area contributed by atoms with Gasteiger partial charge in [0.25, 0.3) is 0 Å². The van der Waals surface area contributed by atoms with Crippen LogP contribution in [0, 0.1) is 5.82 Å². The number of thiazole rings is 1. The Bertz CT molecular complexity index is 872. The zero-order valence-electron chi connectivity index (χ0n) is 14.5. The summed E-state index contributed by atoms with van der Waals surface area (Å²) in [6.45, 7) is 0. The van der Waals surface area contributed by atoms with Gasteiger partial charge in [0.15, 0.2) is 9.84 Å². The smallest absolute Gasteiger partial charge is 0.187 e. The lowest BCUT2D eigenvalue weighted by atomic mass is 10.2. The van der Waals surface area contributed by atoms with E-state index in [0.717, 1.165) is 31.4 Å². The first kappa shape index (κ1) is 19.5. The Hall–Kier alpha value is -1.22. The monoisotopic (exact) mass is 418 g/mol. The van der Waals surface area contributed by atoms with Gasteiger partial charge in [-0.05, 0) is 39.4 Å². The van der Waals surface area contributed by atoms with Gasteiger partial charge in [-0.3, -0.25) is 0 Å². The van der Waals surface area contributed by atoms with Crippen LogP contribution in [-0.2, 0) is 15.6 Å². The molecule has 1 aliphatic rings. The van der Waals surface area contributed by atoms with Crippen molar-refractivity contribution in [3.63, 3.8) is 0 Å². The van der Waals surface area contributed by atoms with Crippen molar-refractivity contribution >= 4 is 32.8 Å². The summed E-state index contributed by atoms with van der Waals surface area (Å²) in [7, 11) is 0.0701. The molecule has 1 aromatic heterocycles. The molecule has 5 nitrogen and oxygen atoms in total. The van der Waals surface area contributed by atoms with Gasteiger partial charge in [-0.25, -0.2) is 17.8 Å². The highest BCUT2D eigenvalue weighted by Gasteiger charge is 2.32. The van der Waals surface area contributed by atoms with Crippen molar-refractivity contribution in [1.82, 2.24) is 9.88 Å². The van der Waals surface area contributed by atoms with E-state index in [2.05, 4.69) is 9.88 Å². The Kier molecular flexibility index (Phi) is 5.86. The predicted molar refractivity (Wildman–Crippen MR) is 100 cm³/mol.